The third kappa shape index (κ3) is 1.57. The Kier molecular flexibility index (Phi) is 2.28. The van der Waals surface area contributed by atoms with Gasteiger partial charge in [-0.1, -0.05) is 0 Å². The summed E-state index contributed by atoms with van der Waals surface area (Å²) in [6, 6.07) is 3.84. The highest BCUT2D eigenvalue weighted by Crippen LogP contribution is 2.15. The van der Waals surface area contributed by atoms with Gasteiger partial charge < -0.3 is 4.74 Å². The Balaban J connectivity index is 2.55. The van der Waals surface area contributed by atoms with Gasteiger partial charge in [-0.25, -0.2) is 9.50 Å². The van der Waals surface area contributed by atoms with Crippen LogP contribution in [0.1, 0.15) is 5.82 Å². The van der Waals surface area contributed by atoms with Crippen LogP contribution in [-0.4, -0.2) is 21.7 Å². The molecular formula is C8H8BrN3O. The van der Waals surface area contributed by atoms with E-state index >= 15 is 0 Å². The lowest BCUT2D eigenvalue weighted by molar-refractivity contribution is 0.178. The summed E-state index contributed by atoms with van der Waals surface area (Å²) in [7, 11) is 1.63. The molecule has 0 aromatic carbocycles. The van der Waals surface area contributed by atoms with Crippen LogP contribution < -0.4 is 0 Å². The number of pyridine rings is 1. The van der Waals surface area contributed by atoms with Crippen molar-refractivity contribution in [3.05, 3.63) is 28.6 Å². The number of fused-ring (bicyclic) bond motifs is 1. The summed E-state index contributed by atoms with van der Waals surface area (Å²) in [4.78, 5) is 4.28. The number of methoxy groups -OCH3 is 1. The van der Waals surface area contributed by atoms with Gasteiger partial charge in [-0.3, -0.25) is 0 Å². The number of hydrogen-bond acceptors (Lipinski definition) is 3. The molecule has 0 aliphatic heterocycles. The van der Waals surface area contributed by atoms with E-state index in [4.69, 9.17) is 4.74 Å². The van der Waals surface area contributed by atoms with Gasteiger partial charge in [-0.05, 0) is 28.1 Å². The van der Waals surface area contributed by atoms with E-state index in [9.17, 15) is 0 Å². The molecule has 0 aliphatic carbocycles. The van der Waals surface area contributed by atoms with Crippen LogP contribution in [0.15, 0.2) is 22.8 Å². The first-order valence-corrected chi connectivity index (χ1v) is 4.59. The normalized spacial score (nSPS) is 10.9. The van der Waals surface area contributed by atoms with E-state index in [1.807, 2.05) is 18.3 Å². The molecule has 2 rings (SSSR count). The second kappa shape index (κ2) is 3.43. The molecule has 0 saturated carbocycles. The Morgan fingerprint density at radius 1 is 1.62 bits per heavy atom. The first-order chi connectivity index (χ1) is 6.31. The highest BCUT2D eigenvalue weighted by molar-refractivity contribution is 9.10. The molecule has 4 nitrogen and oxygen atoms in total. The summed E-state index contributed by atoms with van der Waals surface area (Å²) in [5.74, 6) is 0.689. The lowest BCUT2D eigenvalue weighted by atomic mass is 10.5. The van der Waals surface area contributed by atoms with E-state index in [0.717, 1.165) is 10.1 Å². The molecule has 13 heavy (non-hydrogen) atoms. The van der Waals surface area contributed by atoms with E-state index in [1.54, 1.807) is 11.6 Å². The van der Waals surface area contributed by atoms with Crippen molar-refractivity contribution in [2.75, 3.05) is 7.11 Å². The number of hydrogen-bond donors (Lipinski definition) is 0. The number of ether oxygens (including phenoxy) is 1. The fraction of sp³-hybridized carbons (Fsp3) is 0.250. The highest BCUT2D eigenvalue weighted by Gasteiger charge is 2.04. The van der Waals surface area contributed by atoms with Crippen LogP contribution >= 0.6 is 15.9 Å². The van der Waals surface area contributed by atoms with Crippen molar-refractivity contribution in [2.45, 2.75) is 6.61 Å². The first-order valence-electron chi connectivity index (χ1n) is 3.80. The lowest BCUT2D eigenvalue weighted by Crippen LogP contribution is -1.90. The molecule has 0 bridgehead atoms. The number of aromatic nitrogens is 3. The summed E-state index contributed by atoms with van der Waals surface area (Å²) < 4.78 is 7.60. The quantitative estimate of drug-likeness (QED) is 0.803. The third-order valence-corrected chi connectivity index (χ3v) is 2.25. The van der Waals surface area contributed by atoms with Crippen molar-refractivity contribution in [3.8, 4) is 0 Å². The van der Waals surface area contributed by atoms with Gasteiger partial charge in [0, 0.05) is 13.3 Å². The predicted octanol–water partition coefficient (Wildman–Crippen LogP) is 1.64. The lowest BCUT2D eigenvalue weighted by Gasteiger charge is -1.90. The van der Waals surface area contributed by atoms with Crippen molar-refractivity contribution in [2.24, 2.45) is 0 Å². The molecule has 5 heteroatoms. The standard InChI is InChI=1S/C8H8BrN3O/c1-13-5-7-10-8-6(9)3-2-4-12(8)11-7/h2-4H,5H2,1H3. The van der Waals surface area contributed by atoms with Crippen molar-refractivity contribution < 1.29 is 4.74 Å². The summed E-state index contributed by atoms with van der Waals surface area (Å²) in [6.07, 6.45) is 1.85. The van der Waals surface area contributed by atoms with Crippen LogP contribution in [0, 0.1) is 0 Å². The van der Waals surface area contributed by atoms with Crippen LogP contribution in [0.3, 0.4) is 0 Å². The van der Waals surface area contributed by atoms with Gasteiger partial charge in [-0.15, -0.1) is 5.10 Å². The second-order valence-corrected chi connectivity index (χ2v) is 3.44. The molecule has 0 spiro atoms. The van der Waals surface area contributed by atoms with Crippen molar-refractivity contribution in [1.29, 1.82) is 0 Å². The molecule has 0 radical (unpaired) electrons. The van der Waals surface area contributed by atoms with Gasteiger partial charge in [0.2, 0.25) is 0 Å². The minimum atomic E-state index is 0.439. The Morgan fingerprint density at radius 3 is 3.15 bits per heavy atom. The molecule has 0 atom stereocenters. The average molecular weight is 242 g/mol. The zero-order valence-electron chi connectivity index (χ0n) is 7.07. The summed E-state index contributed by atoms with van der Waals surface area (Å²) in [6.45, 7) is 0.439. The van der Waals surface area contributed by atoms with Gasteiger partial charge in [0.05, 0.1) is 4.47 Å². The average Bonchev–Trinajstić information content (AvgIpc) is 2.49. The van der Waals surface area contributed by atoms with Gasteiger partial charge in [0.15, 0.2) is 11.5 Å². The molecule has 2 aromatic rings. The second-order valence-electron chi connectivity index (χ2n) is 2.59. The van der Waals surface area contributed by atoms with E-state index in [1.165, 1.54) is 0 Å². The maximum absolute atomic E-state index is 4.94. The molecular weight excluding hydrogens is 234 g/mol. The zero-order chi connectivity index (χ0) is 9.26. The van der Waals surface area contributed by atoms with E-state index < -0.39 is 0 Å². The summed E-state index contributed by atoms with van der Waals surface area (Å²) in [5, 5.41) is 4.21. The molecule has 0 fully saturated rings. The SMILES string of the molecule is COCc1nc2c(Br)cccn2n1. The summed E-state index contributed by atoms with van der Waals surface area (Å²) >= 11 is 3.40. The Bertz CT molecular complexity index is 426. The van der Waals surface area contributed by atoms with E-state index in [2.05, 4.69) is 26.0 Å². The summed E-state index contributed by atoms with van der Waals surface area (Å²) in [5.41, 5.74) is 0.814. The van der Waals surface area contributed by atoms with Gasteiger partial charge in [0.25, 0.3) is 0 Å². The van der Waals surface area contributed by atoms with E-state index in [0.29, 0.717) is 12.4 Å². The highest BCUT2D eigenvalue weighted by atomic mass is 79.9. The van der Waals surface area contributed by atoms with Crippen LogP contribution in [0.25, 0.3) is 5.65 Å². The zero-order valence-corrected chi connectivity index (χ0v) is 8.65. The number of rotatable bonds is 2. The van der Waals surface area contributed by atoms with Gasteiger partial charge in [0.1, 0.15) is 6.61 Å². The Hall–Kier alpha value is -0.940. The minimum Gasteiger partial charge on any atom is -0.377 e. The maximum atomic E-state index is 4.94. The van der Waals surface area contributed by atoms with Crippen molar-refractivity contribution in [1.82, 2.24) is 14.6 Å². The van der Waals surface area contributed by atoms with Crippen LogP contribution in [0.2, 0.25) is 0 Å². The maximum Gasteiger partial charge on any atom is 0.177 e. The van der Waals surface area contributed by atoms with Crippen molar-refractivity contribution >= 4 is 21.6 Å². The monoisotopic (exact) mass is 241 g/mol. The predicted molar refractivity (Wildman–Crippen MR) is 51.4 cm³/mol. The molecule has 2 heterocycles. The van der Waals surface area contributed by atoms with Crippen LogP contribution in [0.5, 0.6) is 0 Å². The molecule has 0 N–H and O–H groups in total. The van der Waals surface area contributed by atoms with Crippen molar-refractivity contribution in [3.63, 3.8) is 0 Å². The molecule has 0 unspecified atom stereocenters. The van der Waals surface area contributed by atoms with Crippen LogP contribution in [-0.2, 0) is 11.3 Å². The smallest absolute Gasteiger partial charge is 0.177 e. The third-order valence-electron chi connectivity index (χ3n) is 1.63. The molecule has 2 aromatic heterocycles. The number of nitrogens with zero attached hydrogens (tertiary/aromatic N) is 3. The Morgan fingerprint density at radius 2 is 2.46 bits per heavy atom. The minimum absolute atomic E-state index is 0.439. The fourth-order valence-electron chi connectivity index (χ4n) is 1.11. The Labute approximate surface area is 83.7 Å². The number of halogens is 1. The topological polar surface area (TPSA) is 39.4 Å². The van der Waals surface area contributed by atoms with Gasteiger partial charge >= 0.3 is 0 Å². The molecule has 68 valence electrons. The van der Waals surface area contributed by atoms with E-state index in [-0.39, 0.29) is 0 Å². The fourth-order valence-corrected chi connectivity index (χ4v) is 1.53. The molecule has 0 saturated heterocycles. The molecule has 0 amide bonds. The van der Waals surface area contributed by atoms with Gasteiger partial charge in [-0.2, -0.15) is 0 Å². The van der Waals surface area contributed by atoms with Crippen LogP contribution in [0.4, 0.5) is 0 Å². The largest absolute Gasteiger partial charge is 0.377 e. The molecule has 0 aliphatic rings. The first kappa shape index (κ1) is 8.65.